The summed E-state index contributed by atoms with van der Waals surface area (Å²) in [5.41, 5.74) is 0.137. The van der Waals surface area contributed by atoms with Crippen LogP contribution in [0, 0.1) is 5.41 Å². The molecule has 1 aliphatic rings. The number of nitrogens with one attached hydrogen (secondary N) is 1. The van der Waals surface area contributed by atoms with Gasteiger partial charge < -0.3 is 19.5 Å². The SMILES string of the molecule is CC1=C(C)C(=O)C(C(C)(C)CC(=O)N(C)CCN(C)C(=O)Nc2ccc3c(CS(=O)(=O)O)cc(=O)oc3c2)=C(C)C1=O. The molecule has 0 saturated heterocycles. The molecule has 0 fully saturated rings. The highest BCUT2D eigenvalue weighted by Gasteiger charge is 2.38. The number of fused-ring (bicyclic) bond motifs is 1. The van der Waals surface area contributed by atoms with Crippen LogP contribution in [0.25, 0.3) is 11.0 Å². The highest BCUT2D eigenvalue weighted by Crippen LogP contribution is 2.39. The van der Waals surface area contributed by atoms with Crippen molar-refractivity contribution in [3.63, 3.8) is 0 Å². The van der Waals surface area contributed by atoms with Crippen LogP contribution in [0.3, 0.4) is 0 Å². The molecular weight excluding hydrogens is 566 g/mol. The minimum atomic E-state index is -4.39. The summed E-state index contributed by atoms with van der Waals surface area (Å²) >= 11 is 0. The van der Waals surface area contributed by atoms with E-state index in [4.69, 9.17) is 8.97 Å². The Morgan fingerprint density at radius 2 is 1.52 bits per heavy atom. The van der Waals surface area contributed by atoms with Crippen LogP contribution in [0.4, 0.5) is 10.5 Å². The van der Waals surface area contributed by atoms with E-state index in [1.807, 2.05) is 0 Å². The summed E-state index contributed by atoms with van der Waals surface area (Å²) in [6.45, 7) is 8.71. The average molecular weight is 602 g/mol. The third-order valence-corrected chi connectivity index (χ3v) is 8.09. The number of likely N-dealkylation sites (N-methyl/N-ethyl adjacent to an activating group) is 2. The number of Topliss-reactive ketones (excluding diaryl/α,β-unsaturated/α-hetero) is 2. The summed E-state index contributed by atoms with van der Waals surface area (Å²) < 4.78 is 36.9. The van der Waals surface area contributed by atoms with E-state index in [1.165, 1.54) is 35.0 Å². The van der Waals surface area contributed by atoms with E-state index in [1.54, 1.807) is 41.7 Å². The van der Waals surface area contributed by atoms with Crippen molar-refractivity contribution in [2.75, 3.05) is 32.5 Å². The molecule has 3 amide bonds. The molecule has 0 aliphatic heterocycles. The monoisotopic (exact) mass is 601 g/mol. The summed E-state index contributed by atoms with van der Waals surface area (Å²) in [7, 11) is -1.27. The first-order chi connectivity index (χ1) is 19.3. The van der Waals surface area contributed by atoms with E-state index in [0.717, 1.165) is 6.07 Å². The first-order valence-electron chi connectivity index (χ1n) is 13.1. The quantitative estimate of drug-likeness (QED) is 0.248. The van der Waals surface area contributed by atoms with Crippen LogP contribution < -0.4 is 10.9 Å². The van der Waals surface area contributed by atoms with Crippen LogP contribution in [-0.2, 0) is 30.3 Å². The Bertz CT molecular complexity index is 1720. The predicted octanol–water partition coefficient (Wildman–Crippen LogP) is 3.32. The lowest BCUT2D eigenvalue weighted by Gasteiger charge is -2.33. The molecule has 3 rings (SSSR count). The van der Waals surface area contributed by atoms with Crippen molar-refractivity contribution in [1.29, 1.82) is 0 Å². The van der Waals surface area contributed by atoms with Gasteiger partial charge in [0.15, 0.2) is 11.6 Å². The summed E-state index contributed by atoms with van der Waals surface area (Å²) in [6.07, 6.45) is -0.0146. The van der Waals surface area contributed by atoms with Crippen molar-refractivity contribution in [2.24, 2.45) is 5.41 Å². The molecule has 2 N–H and O–H groups in total. The fraction of sp³-hybridized carbons (Fsp3) is 0.414. The summed E-state index contributed by atoms with van der Waals surface area (Å²) in [6, 6.07) is 4.77. The predicted molar refractivity (Wildman–Crippen MR) is 157 cm³/mol. The first-order valence-corrected chi connectivity index (χ1v) is 14.7. The Labute approximate surface area is 243 Å². The van der Waals surface area contributed by atoms with Gasteiger partial charge in [-0.3, -0.25) is 18.9 Å². The molecule has 226 valence electrons. The van der Waals surface area contributed by atoms with Crippen molar-refractivity contribution in [3.8, 4) is 0 Å². The van der Waals surface area contributed by atoms with E-state index < -0.39 is 32.9 Å². The van der Waals surface area contributed by atoms with Gasteiger partial charge in [-0.1, -0.05) is 13.8 Å². The Kier molecular flexibility index (Phi) is 9.28. The topological polar surface area (TPSA) is 171 Å². The maximum atomic E-state index is 13.1. The van der Waals surface area contributed by atoms with Gasteiger partial charge in [0.1, 0.15) is 11.3 Å². The second-order valence-electron chi connectivity index (χ2n) is 11.2. The lowest BCUT2D eigenvalue weighted by molar-refractivity contribution is -0.131. The zero-order valence-corrected chi connectivity index (χ0v) is 25.5. The Morgan fingerprint density at radius 3 is 2.14 bits per heavy atom. The molecule has 42 heavy (non-hydrogen) atoms. The number of amides is 3. The van der Waals surface area contributed by atoms with Crippen LogP contribution in [0.15, 0.2) is 55.8 Å². The molecule has 0 bridgehead atoms. The molecule has 0 spiro atoms. The number of allylic oxidation sites excluding steroid dienone is 4. The number of hydrogen-bond acceptors (Lipinski definition) is 8. The first kappa shape index (κ1) is 32.4. The summed E-state index contributed by atoms with van der Waals surface area (Å²) in [5.74, 6) is -1.46. The van der Waals surface area contributed by atoms with Crippen LogP contribution in [0.2, 0.25) is 0 Å². The second kappa shape index (κ2) is 12.0. The lowest BCUT2D eigenvalue weighted by Crippen LogP contribution is -2.41. The van der Waals surface area contributed by atoms with E-state index in [2.05, 4.69) is 5.32 Å². The smallest absolute Gasteiger partial charge is 0.336 e. The molecule has 13 heteroatoms. The Hall–Kier alpha value is -4.10. The molecule has 2 aromatic rings. The van der Waals surface area contributed by atoms with E-state index in [-0.39, 0.29) is 59.2 Å². The molecule has 1 aromatic heterocycles. The van der Waals surface area contributed by atoms with Crippen LogP contribution >= 0.6 is 0 Å². The highest BCUT2D eigenvalue weighted by atomic mass is 32.2. The molecule has 0 unspecified atom stereocenters. The van der Waals surface area contributed by atoms with Crippen LogP contribution in [0.5, 0.6) is 0 Å². The lowest BCUT2D eigenvalue weighted by atomic mass is 9.71. The molecule has 12 nitrogen and oxygen atoms in total. The standard InChI is InChI=1S/C29H35N3O9S/c1-16-17(2)27(36)25(18(3)26(16)35)29(4,5)14-23(33)31(6)10-11-32(7)28(37)30-20-8-9-21-19(15-42(38,39)40)12-24(34)41-22(21)13-20/h8-9,12-13H,10-11,14-15H2,1-7H3,(H,30,37)(H,38,39,40). The molecule has 0 radical (unpaired) electrons. The number of urea groups is 1. The highest BCUT2D eigenvalue weighted by molar-refractivity contribution is 7.85. The van der Waals surface area contributed by atoms with Gasteiger partial charge in [0.05, 0.1) is 0 Å². The van der Waals surface area contributed by atoms with E-state index >= 15 is 0 Å². The third kappa shape index (κ3) is 7.21. The number of hydrogen-bond donors (Lipinski definition) is 2. The van der Waals surface area contributed by atoms with Gasteiger partial charge in [0.25, 0.3) is 10.1 Å². The van der Waals surface area contributed by atoms with E-state index in [0.29, 0.717) is 22.3 Å². The van der Waals surface area contributed by atoms with Crippen molar-refractivity contribution in [1.82, 2.24) is 9.80 Å². The second-order valence-corrected chi connectivity index (χ2v) is 12.6. The van der Waals surface area contributed by atoms with Crippen molar-refractivity contribution < 1.29 is 36.6 Å². The fourth-order valence-corrected chi connectivity index (χ4v) is 5.51. The molecule has 1 aromatic carbocycles. The van der Waals surface area contributed by atoms with Crippen LogP contribution in [-0.4, -0.2) is 73.5 Å². The van der Waals surface area contributed by atoms with Gasteiger partial charge in [-0.2, -0.15) is 8.42 Å². The zero-order valence-electron chi connectivity index (χ0n) is 24.7. The number of nitrogens with zero attached hydrogens (tertiary/aromatic N) is 2. The van der Waals surface area contributed by atoms with Crippen LogP contribution in [0.1, 0.15) is 46.6 Å². The normalized spacial score (nSPS) is 14.5. The molecular formula is C29H35N3O9S. The fourth-order valence-electron chi connectivity index (χ4n) is 4.88. The molecule has 0 saturated carbocycles. The minimum Gasteiger partial charge on any atom is -0.423 e. The Balaban J connectivity index is 1.63. The summed E-state index contributed by atoms with van der Waals surface area (Å²) in [5, 5.41) is 2.94. The van der Waals surface area contributed by atoms with Gasteiger partial charge in [0.2, 0.25) is 5.91 Å². The number of rotatable bonds is 9. The molecule has 1 heterocycles. The van der Waals surface area contributed by atoms with Gasteiger partial charge >= 0.3 is 11.7 Å². The maximum absolute atomic E-state index is 13.1. The van der Waals surface area contributed by atoms with Gasteiger partial charge in [0, 0.05) is 84.5 Å². The van der Waals surface area contributed by atoms with Gasteiger partial charge in [-0.25, -0.2) is 9.59 Å². The zero-order chi connectivity index (χ0) is 31.7. The Morgan fingerprint density at radius 1 is 0.929 bits per heavy atom. The molecule has 1 aliphatic carbocycles. The number of carbonyl (C=O) groups excluding carboxylic acids is 4. The average Bonchev–Trinajstić information content (AvgIpc) is 2.87. The largest absolute Gasteiger partial charge is 0.423 e. The summed E-state index contributed by atoms with van der Waals surface area (Å²) in [4.78, 5) is 66.1. The van der Waals surface area contributed by atoms with Crippen molar-refractivity contribution in [2.45, 2.75) is 46.8 Å². The van der Waals surface area contributed by atoms with E-state index in [9.17, 15) is 32.4 Å². The minimum absolute atomic E-state index is 0.0146. The van der Waals surface area contributed by atoms with Gasteiger partial charge in [-0.15, -0.1) is 0 Å². The number of carbonyl (C=O) groups is 4. The van der Waals surface area contributed by atoms with Crippen molar-refractivity contribution >= 4 is 50.3 Å². The number of ketones is 2. The van der Waals surface area contributed by atoms with Crippen molar-refractivity contribution in [3.05, 3.63) is 62.5 Å². The van der Waals surface area contributed by atoms with Gasteiger partial charge in [-0.05, 0) is 38.5 Å². The number of benzene rings is 1. The number of anilines is 1. The molecule has 0 atom stereocenters. The third-order valence-electron chi connectivity index (χ3n) is 7.42. The maximum Gasteiger partial charge on any atom is 0.336 e.